The number of carbonyl (C=O) groups excluding carboxylic acids is 1. The highest BCUT2D eigenvalue weighted by atomic mass is 16.5. The maximum Gasteiger partial charge on any atom is 0.254 e. The average Bonchev–Trinajstić information content (AvgIpc) is 3.41. The molecule has 2 aliphatic heterocycles. The number of likely N-dealkylation sites (tertiary alicyclic amines) is 1. The number of nitrogens with zero attached hydrogens (tertiary/aromatic N) is 4. The molecule has 1 amide bonds. The van der Waals surface area contributed by atoms with Crippen molar-refractivity contribution in [1.29, 1.82) is 0 Å². The van der Waals surface area contributed by atoms with Crippen LogP contribution in [0.5, 0.6) is 5.75 Å². The number of imidazole rings is 1. The summed E-state index contributed by atoms with van der Waals surface area (Å²) in [6.07, 6.45) is 7.08. The van der Waals surface area contributed by atoms with E-state index in [1.54, 1.807) is 7.11 Å². The van der Waals surface area contributed by atoms with E-state index in [1.807, 2.05) is 17.0 Å². The van der Waals surface area contributed by atoms with Crippen LogP contribution in [0.15, 0.2) is 36.4 Å². The lowest BCUT2D eigenvalue weighted by molar-refractivity contribution is 0.0700. The van der Waals surface area contributed by atoms with E-state index in [1.165, 1.54) is 42.1 Å². The quantitative estimate of drug-likeness (QED) is 0.364. The number of hydrogen-bond donors (Lipinski definition) is 2. The third kappa shape index (κ3) is 4.09. The standard InChI is InChI=1S/C33H40N6O2/c1-37-31-25(13-24(16-29(31)41-2)33(40)39-18-23-7-8-26(39)30(23)34)36-32(37)28-15-22-6-5-21(20-9-11-35-12-10-20)14-27(22)38(28)17-19-3-4-19/h5-6,13-16,19-20,23,26,30,35H,3-4,7-12,17-18,34H2,1-2H3/t23?,26?,30-/m1/s1. The maximum absolute atomic E-state index is 13.7. The van der Waals surface area contributed by atoms with Gasteiger partial charge in [-0.25, -0.2) is 4.98 Å². The summed E-state index contributed by atoms with van der Waals surface area (Å²) in [6.45, 7) is 3.94. The monoisotopic (exact) mass is 552 g/mol. The number of amides is 1. The number of nitrogens with one attached hydrogen (secondary N) is 1. The van der Waals surface area contributed by atoms with Crippen molar-refractivity contribution in [1.82, 2.24) is 24.3 Å². The lowest BCUT2D eigenvalue weighted by Gasteiger charge is -2.27. The molecule has 2 saturated carbocycles. The van der Waals surface area contributed by atoms with Crippen molar-refractivity contribution in [2.75, 3.05) is 26.7 Å². The predicted molar refractivity (Wildman–Crippen MR) is 161 cm³/mol. The molecule has 4 fully saturated rings. The molecule has 41 heavy (non-hydrogen) atoms. The van der Waals surface area contributed by atoms with Crippen molar-refractivity contribution in [3.8, 4) is 17.3 Å². The topological polar surface area (TPSA) is 90.3 Å². The molecule has 2 aliphatic carbocycles. The highest BCUT2D eigenvalue weighted by Crippen LogP contribution is 2.41. The number of piperidine rings is 2. The molecule has 8 heteroatoms. The average molecular weight is 553 g/mol. The summed E-state index contributed by atoms with van der Waals surface area (Å²) in [5.41, 5.74) is 12.6. The number of carbonyl (C=O) groups is 1. The number of aryl methyl sites for hydroxylation is 1. The van der Waals surface area contributed by atoms with Gasteiger partial charge in [0, 0.05) is 48.7 Å². The first-order chi connectivity index (χ1) is 20.0. The molecule has 4 aliphatic rings. The Morgan fingerprint density at radius 3 is 2.61 bits per heavy atom. The molecule has 3 atom stereocenters. The zero-order chi connectivity index (χ0) is 27.8. The van der Waals surface area contributed by atoms with Crippen LogP contribution in [0.3, 0.4) is 0 Å². The van der Waals surface area contributed by atoms with Crippen LogP contribution in [-0.2, 0) is 13.6 Å². The Hall–Kier alpha value is -3.36. The van der Waals surface area contributed by atoms with Gasteiger partial charge in [-0.15, -0.1) is 0 Å². The summed E-state index contributed by atoms with van der Waals surface area (Å²) in [6, 6.07) is 13.4. The van der Waals surface area contributed by atoms with Gasteiger partial charge in [-0.1, -0.05) is 12.1 Å². The second-order valence-electron chi connectivity index (χ2n) is 12.9. The van der Waals surface area contributed by atoms with E-state index in [0.29, 0.717) is 23.1 Å². The molecule has 2 saturated heterocycles. The molecule has 8 nitrogen and oxygen atoms in total. The molecule has 3 N–H and O–H groups in total. The van der Waals surface area contributed by atoms with Crippen molar-refractivity contribution >= 4 is 27.8 Å². The number of methoxy groups -OCH3 is 1. The molecule has 214 valence electrons. The second-order valence-corrected chi connectivity index (χ2v) is 12.9. The first-order valence-corrected chi connectivity index (χ1v) is 15.5. The van der Waals surface area contributed by atoms with Crippen LogP contribution in [0.4, 0.5) is 0 Å². The van der Waals surface area contributed by atoms with Crippen molar-refractivity contribution in [2.45, 2.75) is 63.1 Å². The number of ether oxygens (including phenoxy) is 1. The summed E-state index contributed by atoms with van der Waals surface area (Å²) >= 11 is 0. The molecule has 4 aromatic rings. The largest absolute Gasteiger partial charge is 0.494 e. The van der Waals surface area contributed by atoms with Gasteiger partial charge in [0.05, 0.1) is 18.3 Å². The van der Waals surface area contributed by atoms with Crippen LogP contribution < -0.4 is 15.8 Å². The summed E-state index contributed by atoms with van der Waals surface area (Å²) in [5, 5.41) is 4.76. The van der Waals surface area contributed by atoms with Gasteiger partial charge in [-0.3, -0.25) is 4.79 Å². The third-order valence-electron chi connectivity index (χ3n) is 10.4. The van der Waals surface area contributed by atoms with E-state index >= 15 is 0 Å². The van der Waals surface area contributed by atoms with E-state index in [2.05, 4.69) is 45.8 Å². The number of benzene rings is 2. The third-order valence-corrected chi connectivity index (χ3v) is 10.4. The first kappa shape index (κ1) is 25.4. The van der Waals surface area contributed by atoms with Crippen molar-refractivity contribution in [3.05, 3.63) is 47.5 Å². The minimum absolute atomic E-state index is 0.0355. The highest BCUT2D eigenvalue weighted by Gasteiger charge is 2.47. The van der Waals surface area contributed by atoms with Crippen LogP contribution >= 0.6 is 0 Å². The van der Waals surface area contributed by atoms with Gasteiger partial charge in [0.2, 0.25) is 0 Å². The number of hydrogen-bond acceptors (Lipinski definition) is 5. The number of nitrogens with two attached hydrogens (primary N) is 1. The van der Waals surface area contributed by atoms with Crippen LogP contribution in [0.25, 0.3) is 33.5 Å². The van der Waals surface area contributed by atoms with E-state index in [9.17, 15) is 4.79 Å². The van der Waals surface area contributed by atoms with Crippen LogP contribution in [0.2, 0.25) is 0 Å². The van der Waals surface area contributed by atoms with Gasteiger partial charge in [0.1, 0.15) is 11.3 Å². The van der Waals surface area contributed by atoms with E-state index < -0.39 is 0 Å². The van der Waals surface area contributed by atoms with Gasteiger partial charge < -0.3 is 29.8 Å². The van der Waals surface area contributed by atoms with Crippen LogP contribution in [0.1, 0.15) is 60.4 Å². The lowest BCUT2D eigenvalue weighted by atomic mass is 9.90. The summed E-state index contributed by atoms with van der Waals surface area (Å²) < 4.78 is 10.5. The fourth-order valence-corrected chi connectivity index (χ4v) is 7.89. The van der Waals surface area contributed by atoms with Gasteiger partial charge in [0.15, 0.2) is 5.82 Å². The zero-order valence-corrected chi connectivity index (χ0v) is 24.1. The molecule has 2 aromatic heterocycles. The minimum atomic E-state index is 0.0355. The Morgan fingerprint density at radius 2 is 1.90 bits per heavy atom. The van der Waals surface area contributed by atoms with E-state index in [4.69, 9.17) is 15.5 Å². The van der Waals surface area contributed by atoms with Gasteiger partial charge in [-0.2, -0.15) is 0 Å². The Balaban J connectivity index is 1.22. The number of rotatable bonds is 6. The molecule has 2 unspecified atom stereocenters. The molecule has 0 radical (unpaired) electrons. The fraction of sp³-hybridized carbons (Fsp3) is 0.515. The van der Waals surface area contributed by atoms with Gasteiger partial charge >= 0.3 is 0 Å². The number of aromatic nitrogens is 3. The Kier molecular flexibility index (Phi) is 5.94. The van der Waals surface area contributed by atoms with E-state index in [-0.39, 0.29) is 18.0 Å². The number of fused-ring (bicyclic) bond motifs is 4. The molecule has 2 bridgehead atoms. The van der Waals surface area contributed by atoms with Gasteiger partial charge in [-0.05, 0) is 99.2 Å². The molecular formula is C33H40N6O2. The van der Waals surface area contributed by atoms with Gasteiger partial charge in [0.25, 0.3) is 5.91 Å². The maximum atomic E-state index is 13.7. The molecule has 2 aromatic carbocycles. The normalized spacial score (nSPS) is 24.7. The fourth-order valence-electron chi connectivity index (χ4n) is 7.89. The van der Waals surface area contributed by atoms with Crippen LogP contribution in [-0.4, -0.2) is 63.8 Å². The molecule has 0 spiro atoms. The van der Waals surface area contributed by atoms with Crippen LogP contribution in [0, 0.1) is 11.8 Å². The van der Waals surface area contributed by atoms with Crippen molar-refractivity contribution in [2.24, 2.45) is 24.6 Å². The summed E-state index contributed by atoms with van der Waals surface area (Å²) in [7, 11) is 3.74. The second kappa shape index (κ2) is 9.60. The molecule has 8 rings (SSSR count). The Labute approximate surface area is 240 Å². The first-order valence-electron chi connectivity index (χ1n) is 15.5. The van der Waals surface area contributed by atoms with Crippen molar-refractivity contribution in [3.63, 3.8) is 0 Å². The SMILES string of the molecule is COc1cc(C(=O)N2CC3CCC2[C@@H]3N)cc2nc(-c3cc4ccc(C5CCNCC5)cc4n3CC3CC3)n(C)c12. The summed E-state index contributed by atoms with van der Waals surface area (Å²) in [4.78, 5) is 20.9. The Morgan fingerprint density at radius 1 is 1.07 bits per heavy atom. The zero-order valence-electron chi connectivity index (χ0n) is 24.1. The minimum Gasteiger partial charge on any atom is -0.494 e. The van der Waals surface area contributed by atoms with E-state index in [0.717, 1.165) is 67.5 Å². The molecular weight excluding hydrogens is 512 g/mol. The molecule has 4 heterocycles. The smallest absolute Gasteiger partial charge is 0.254 e. The highest BCUT2D eigenvalue weighted by molar-refractivity contribution is 6.00. The predicted octanol–water partition coefficient (Wildman–Crippen LogP) is 4.64. The van der Waals surface area contributed by atoms with Crippen molar-refractivity contribution < 1.29 is 9.53 Å². The summed E-state index contributed by atoms with van der Waals surface area (Å²) in [5.74, 6) is 3.38. The Bertz CT molecular complexity index is 1660. The lowest BCUT2D eigenvalue weighted by Crippen LogP contribution is -2.41.